The Bertz CT molecular complexity index is 875. The standard InChI is InChI=1S/C42H78N2O7S2/c1-43(2)33-27-28-38(45)44(34-23-15-9-13-21-31-41(48)52-36-25-17-7-5-11-19-29-39(46)50-3)35-24-16-10-14-22-32-42(49)53-37-26-18-8-6-12-20-30-40(47)51-4/h5-37H2,1-4H3. The third-order valence-electron chi connectivity index (χ3n) is 9.50. The first-order valence-electron chi connectivity index (χ1n) is 21.1. The fourth-order valence-corrected chi connectivity index (χ4v) is 7.88. The Morgan fingerprint density at radius 3 is 1.11 bits per heavy atom. The van der Waals surface area contributed by atoms with Gasteiger partial charge in [0.2, 0.25) is 5.91 Å². The average molecular weight is 787 g/mol. The summed E-state index contributed by atoms with van der Waals surface area (Å²) in [5.74, 6) is 1.83. The smallest absolute Gasteiger partial charge is 0.305 e. The van der Waals surface area contributed by atoms with Crippen molar-refractivity contribution in [2.24, 2.45) is 0 Å². The van der Waals surface area contributed by atoms with Crippen LogP contribution < -0.4 is 0 Å². The lowest BCUT2D eigenvalue weighted by atomic mass is 10.1. The molecule has 0 atom stereocenters. The first kappa shape index (κ1) is 51.4. The van der Waals surface area contributed by atoms with Crippen molar-refractivity contribution in [3.05, 3.63) is 0 Å². The molecule has 0 radical (unpaired) electrons. The Balaban J connectivity index is 3.97. The number of rotatable bonds is 38. The predicted octanol–water partition coefficient (Wildman–Crippen LogP) is 10.2. The van der Waals surface area contributed by atoms with Crippen molar-refractivity contribution in [3.63, 3.8) is 0 Å². The monoisotopic (exact) mass is 787 g/mol. The summed E-state index contributed by atoms with van der Waals surface area (Å²) in [7, 11) is 6.95. The first-order valence-corrected chi connectivity index (χ1v) is 23.0. The van der Waals surface area contributed by atoms with Crippen LogP contribution in [0.25, 0.3) is 0 Å². The number of carbonyl (C=O) groups excluding carboxylic acids is 5. The summed E-state index contributed by atoms with van der Waals surface area (Å²) < 4.78 is 9.33. The van der Waals surface area contributed by atoms with Crippen LogP contribution in [0.5, 0.6) is 0 Å². The third-order valence-corrected chi connectivity index (χ3v) is 11.5. The predicted molar refractivity (Wildman–Crippen MR) is 223 cm³/mol. The molecule has 0 fully saturated rings. The van der Waals surface area contributed by atoms with Crippen molar-refractivity contribution >= 4 is 51.6 Å². The molecule has 0 aromatic rings. The van der Waals surface area contributed by atoms with Crippen LogP contribution in [0.2, 0.25) is 0 Å². The third kappa shape index (κ3) is 37.1. The van der Waals surface area contributed by atoms with E-state index in [1.54, 1.807) is 0 Å². The van der Waals surface area contributed by atoms with Crippen LogP contribution in [0.1, 0.15) is 180 Å². The number of ether oxygens (including phenoxy) is 2. The number of hydrogen-bond acceptors (Lipinski definition) is 10. The van der Waals surface area contributed by atoms with Gasteiger partial charge in [0.15, 0.2) is 10.2 Å². The minimum Gasteiger partial charge on any atom is -0.469 e. The summed E-state index contributed by atoms with van der Waals surface area (Å²) in [6.07, 6.45) is 27.2. The topological polar surface area (TPSA) is 110 Å². The molecule has 0 aliphatic rings. The van der Waals surface area contributed by atoms with Crippen LogP contribution in [-0.4, -0.2) is 97.3 Å². The van der Waals surface area contributed by atoms with E-state index in [4.69, 9.17) is 0 Å². The van der Waals surface area contributed by atoms with Gasteiger partial charge in [-0.05, 0) is 78.4 Å². The zero-order valence-corrected chi connectivity index (χ0v) is 36.0. The fourth-order valence-electron chi connectivity index (χ4n) is 6.15. The van der Waals surface area contributed by atoms with Crippen LogP contribution in [-0.2, 0) is 33.4 Å². The molecule has 0 spiro atoms. The quantitative estimate of drug-likeness (QED) is 0.0443. The number of hydrogen-bond donors (Lipinski definition) is 0. The lowest BCUT2D eigenvalue weighted by Crippen LogP contribution is -2.33. The highest BCUT2D eigenvalue weighted by Crippen LogP contribution is 2.17. The van der Waals surface area contributed by atoms with Crippen molar-refractivity contribution < 1.29 is 33.4 Å². The highest BCUT2D eigenvalue weighted by molar-refractivity contribution is 8.13. The minimum atomic E-state index is -0.128. The molecule has 0 heterocycles. The maximum atomic E-state index is 13.0. The molecule has 310 valence electrons. The Labute approximate surface area is 333 Å². The van der Waals surface area contributed by atoms with Crippen LogP contribution in [0.15, 0.2) is 0 Å². The van der Waals surface area contributed by atoms with Gasteiger partial charge in [-0.15, -0.1) is 0 Å². The van der Waals surface area contributed by atoms with E-state index >= 15 is 0 Å². The first-order chi connectivity index (χ1) is 25.7. The summed E-state index contributed by atoms with van der Waals surface area (Å²) in [6, 6.07) is 0. The number of carbonyl (C=O) groups is 5. The van der Waals surface area contributed by atoms with Crippen molar-refractivity contribution in [2.75, 3.05) is 59.5 Å². The zero-order chi connectivity index (χ0) is 39.2. The van der Waals surface area contributed by atoms with E-state index in [1.165, 1.54) is 37.7 Å². The maximum absolute atomic E-state index is 13.0. The van der Waals surface area contributed by atoms with Crippen LogP contribution in [0, 0.1) is 0 Å². The Morgan fingerprint density at radius 1 is 0.396 bits per heavy atom. The lowest BCUT2D eigenvalue weighted by molar-refractivity contribution is -0.141. The molecule has 0 aromatic carbocycles. The van der Waals surface area contributed by atoms with Gasteiger partial charge in [0, 0.05) is 56.7 Å². The highest BCUT2D eigenvalue weighted by Gasteiger charge is 2.13. The van der Waals surface area contributed by atoms with E-state index in [2.05, 4.69) is 19.3 Å². The molecule has 0 bridgehead atoms. The molecular weight excluding hydrogens is 709 g/mol. The summed E-state index contributed by atoms with van der Waals surface area (Å²) in [5, 5.41) is 0.624. The number of esters is 2. The van der Waals surface area contributed by atoms with Crippen molar-refractivity contribution in [1.82, 2.24) is 9.80 Å². The molecule has 0 N–H and O–H groups in total. The van der Waals surface area contributed by atoms with Crippen LogP contribution >= 0.6 is 23.5 Å². The molecule has 53 heavy (non-hydrogen) atoms. The Hall–Kier alpha value is -1.59. The Morgan fingerprint density at radius 2 is 0.736 bits per heavy atom. The number of methoxy groups -OCH3 is 2. The van der Waals surface area contributed by atoms with Crippen molar-refractivity contribution in [3.8, 4) is 0 Å². The average Bonchev–Trinajstić information content (AvgIpc) is 3.14. The second-order valence-corrected chi connectivity index (χ2v) is 17.0. The van der Waals surface area contributed by atoms with Gasteiger partial charge in [0.1, 0.15) is 0 Å². The molecular formula is C42H78N2O7S2. The van der Waals surface area contributed by atoms with Gasteiger partial charge in [0.25, 0.3) is 0 Å². The van der Waals surface area contributed by atoms with Gasteiger partial charge in [0.05, 0.1) is 14.2 Å². The SMILES string of the molecule is COC(=O)CCCCCCCCSC(=O)CCCCCCCN(CCCCCCCC(=O)SCCCCCCCCC(=O)OC)C(=O)CCCN(C)C. The van der Waals surface area contributed by atoms with E-state index in [0.29, 0.717) is 42.3 Å². The second-order valence-electron chi connectivity index (χ2n) is 14.7. The molecule has 1 amide bonds. The second kappa shape index (κ2) is 38.7. The molecule has 11 heteroatoms. The van der Waals surface area contributed by atoms with Crippen molar-refractivity contribution in [2.45, 2.75) is 180 Å². The highest BCUT2D eigenvalue weighted by atomic mass is 32.2. The van der Waals surface area contributed by atoms with Crippen LogP contribution in [0.4, 0.5) is 0 Å². The molecule has 0 rings (SSSR count). The normalized spacial score (nSPS) is 11.2. The largest absolute Gasteiger partial charge is 0.469 e. The summed E-state index contributed by atoms with van der Waals surface area (Å²) in [6.45, 7) is 2.57. The number of unbranched alkanes of at least 4 members (excludes halogenated alkanes) is 18. The van der Waals surface area contributed by atoms with Crippen molar-refractivity contribution in [1.29, 1.82) is 0 Å². The molecule has 0 saturated carbocycles. The van der Waals surface area contributed by atoms with Gasteiger partial charge < -0.3 is 19.3 Å². The molecule has 0 unspecified atom stereocenters. The Kier molecular flexibility index (Phi) is 37.5. The van der Waals surface area contributed by atoms with Gasteiger partial charge >= 0.3 is 11.9 Å². The number of nitrogens with zero attached hydrogens (tertiary/aromatic N) is 2. The van der Waals surface area contributed by atoms with Crippen LogP contribution in [0.3, 0.4) is 0 Å². The number of amides is 1. The fraction of sp³-hybridized carbons (Fsp3) is 0.881. The molecule has 9 nitrogen and oxygen atoms in total. The van der Waals surface area contributed by atoms with Gasteiger partial charge in [-0.2, -0.15) is 0 Å². The molecule has 0 aromatic heterocycles. The van der Waals surface area contributed by atoms with E-state index in [1.807, 2.05) is 14.1 Å². The minimum absolute atomic E-state index is 0.128. The summed E-state index contributed by atoms with van der Waals surface area (Å²) >= 11 is 2.97. The lowest BCUT2D eigenvalue weighted by Gasteiger charge is -2.23. The molecule has 0 aliphatic carbocycles. The van der Waals surface area contributed by atoms with Gasteiger partial charge in [-0.3, -0.25) is 24.0 Å². The molecule has 0 aliphatic heterocycles. The zero-order valence-electron chi connectivity index (χ0n) is 34.4. The van der Waals surface area contributed by atoms with E-state index < -0.39 is 0 Å². The summed E-state index contributed by atoms with van der Waals surface area (Å²) in [5.41, 5.74) is 0. The van der Waals surface area contributed by atoms with E-state index in [-0.39, 0.29) is 17.8 Å². The number of thioether (sulfide) groups is 2. The maximum Gasteiger partial charge on any atom is 0.305 e. The van der Waals surface area contributed by atoms with E-state index in [0.717, 1.165) is 179 Å². The van der Waals surface area contributed by atoms with Gasteiger partial charge in [-0.1, -0.05) is 113 Å². The van der Waals surface area contributed by atoms with Gasteiger partial charge in [-0.25, -0.2) is 0 Å². The summed E-state index contributed by atoms with van der Waals surface area (Å²) in [4.78, 5) is 64.0. The molecule has 0 saturated heterocycles. The van der Waals surface area contributed by atoms with E-state index in [9.17, 15) is 24.0 Å².